The van der Waals surface area contributed by atoms with Crippen molar-refractivity contribution in [3.05, 3.63) is 0 Å². The second kappa shape index (κ2) is 52.8. The molecular formula is C54H111Sn+. The molecule has 0 radical (unpaired) electrons. The topological polar surface area (TPSA) is 0 Å². The van der Waals surface area contributed by atoms with Crippen molar-refractivity contribution in [2.45, 2.75) is 342 Å². The normalized spacial score (nSPS) is 11.6. The third-order valence-electron chi connectivity index (χ3n) is 13.2. The van der Waals surface area contributed by atoms with Crippen molar-refractivity contribution in [2.24, 2.45) is 0 Å². The van der Waals surface area contributed by atoms with Crippen LogP contribution in [0.5, 0.6) is 0 Å². The molecule has 0 heterocycles. The summed E-state index contributed by atoms with van der Waals surface area (Å²) in [6.45, 7) is 6.97. The van der Waals surface area contributed by atoms with Crippen LogP contribution < -0.4 is 0 Å². The summed E-state index contributed by atoms with van der Waals surface area (Å²) in [5, 5.41) is 0. The number of hydrogen-bond donors (Lipinski definition) is 0. The molecule has 0 aliphatic rings. The molecule has 55 heavy (non-hydrogen) atoms. The van der Waals surface area contributed by atoms with Gasteiger partial charge in [-0.3, -0.25) is 0 Å². The smallest absolute Gasteiger partial charge is 0.0654 e. The summed E-state index contributed by atoms with van der Waals surface area (Å²) >= 11 is -1.16. The molecule has 0 rings (SSSR count). The van der Waals surface area contributed by atoms with Gasteiger partial charge in [-0.1, -0.05) is 117 Å². The van der Waals surface area contributed by atoms with E-state index in [0.29, 0.717) is 0 Å². The van der Waals surface area contributed by atoms with E-state index >= 15 is 0 Å². The van der Waals surface area contributed by atoms with Crippen LogP contribution in [0.1, 0.15) is 329 Å². The van der Waals surface area contributed by atoms with Crippen molar-refractivity contribution < 1.29 is 0 Å². The Labute approximate surface area is 360 Å². The molecule has 0 saturated carbocycles. The van der Waals surface area contributed by atoms with E-state index in [-0.39, 0.29) is 0 Å². The van der Waals surface area contributed by atoms with Crippen LogP contribution >= 0.6 is 0 Å². The van der Waals surface area contributed by atoms with Gasteiger partial charge < -0.3 is 0 Å². The third-order valence-corrected chi connectivity index (χ3v) is 22.2. The summed E-state index contributed by atoms with van der Waals surface area (Å²) < 4.78 is 5.20. The summed E-state index contributed by atoms with van der Waals surface area (Å²) in [4.78, 5) is 0. The van der Waals surface area contributed by atoms with Gasteiger partial charge in [0.25, 0.3) is 0 Å². The Kier molecular flexibility index (Phi) is 53.6. The minimum atomic E-state index is -1.16. The summed E-state index contributed by atoms with van der Waals surface area (Å²) in [5.74, 6) is 0. The molecule has 330 valence electrons. The van der Waals surface area contributed by atoms with Gasteiger partial charge in [0.2, 0.25) is 0 Å². The molecule has 0 N–H and O–H groups in total. The summed E-state index contributed by atoms with van der Waals surface area (Å²) in [7, 11) is 0. The first-order valence-corrected chi connectivity index (χ1v) is 33.2. The van der Waals surface area contributed by atoms with Crippen LogP contribution in [0.4, 0.5) is 0 Å². The van der Waals surface area contributed by atoms with Crippen molar-refractivity contribution in [1.82, 2.24) is 0 Å². The minimum Gasteiger partial charge on any atom is -0.0654 e. The molecule has 0 atom stereocenters. The zero-order valence-corrected chi connectivity index (χ0v) is 42.4. The Bertz CT molecular complexity index is 543. The minimum absolute atomic E-state index is 1.16. The molecule has 0 bridgehead atoms. The van der Waals surface area contributed by atoms with E-state index in [1.54, 1.807) is 51.8 Å². The Morgan fingerprint density at radius 3 is 0.382 bits per heavy atom. The zero-order chi connectivity index (χ0) is 39.6. The van der Waals surface area contributed by atoms with Crippen LogP contribution in [0.3, 0.4) is 0 Å². The van der Waals surface area contributed by atoms with Crippen molar-refractivity contribution in [1.29, 1.82) is 0 Å². The fourth-order valence-electron chi connectivity index (χ4n) is 9.14. The molecule has 0 aliphatic heterocycles. The van der Waals surface area contributed by atoms with Crippen molar-refractivity contribution >= 4 is 19.8 Å². The first-order valence-electron chi connectivity index (χ1n) is 27.2. The predicted molar refractivity (Wildman–Crippen MR) is 259 cm³/mol. The van der Waals surface area contributed by atoms with Gasteiger partial charge in [-0.05, 0) is 0 Å². The quantitative estimate of drug-likeness (QED) is 0.0422. The Hall–Kier alpha value is 0.799. The molecular weight excluding hydrogens is 767 g/mol. The average Bonchev–Trinajstić information content (AvgIpc) is 3.20. The predicted octanol–water partition coefficient (Wildman–Crippen LogP) is 21.3. The van der Waals surface area contributed by atoms with Gasteiger partial charge in [0.15, 0.2) is 0 Å². The maximum atomic E-state index is 2.32. The molecule has 0 fully saturated rings. The standard InChI is InChI=1S/3C18H37.Sn/c3*1-3-5-7-9-11-13-15-17-18-16-14-12-10-8-6-4-2;/h3*1,3-18H2,2H3;/q;;;+1. The van der Waals surface area contributed by atoms with E-state index < -0.39 is 19.8 Å². The first-order chi connectivity index (χ1) is 27.3. The van der Waals surface area contributed by atoms with Gasteiger partial charge in [0, 0.05) is 0 Å². The molecule has 0 nitrogen and oxygen atoms in total. The van der Waals surface area contributed by atoms with Crippen LogP contribution in [-0.4, -0.2) is 19.8 Å². The van der Waals surface area contributed by atoms with E-state index in [2.05, 4.69) is 20.8 Å². The average molecular weight is 879 g/mol. The Morgan fingerprint density at radius 2 is 0.255 bits per heavy atom. The van der Waals surface area contributed by atoms with E-state index in [1.807, 2.05) is 0 Å². The van der Waals surface area contributed by atoms with Gasteiger partial charge in [0.1, 0.15) is 0 Å². The van der Waals surface area contributed by atoms with E-state index in [4.69, 9.17) is 0 Å². The van der Waals surface area contributed by atoms with Crippen molar-refractivity contribution in [2.75, 3.05) is 0 Å². The van der Waals surface area contributed by atoms with Crippen molar-refractivity contribution in [3.8, 4) is 0 Å². The molecule has 0 aromatic carbocycles. The fourth-order valence-corrected chi connectivity index (χ4v) is 17.7. The van der Waals surface area contributed by atoms with E-state index in [9.17, 15) is 0 Å². The van der Waals surface area contributed by atoms with Crippen LogP contribution in [0.25, 0.3) is 0 Å². The van der Waals surface area contributed by atoms with Gasteiger partial charge in [0.05, 0.1) is 0 Å². The SMILES string of the molecule is CCCCCCCCCCCCCCCCC[CH2][Sn+]([CH2]CCCCCCCCCCCCCCCCC)[CH2]CCCCCCCCCCCCCCCCC. The molecule has 0 unspecified atom stereocenters. The second-order valence-electron chi connectivity index (χ2n) is 18.9. The first kappa shape index (κ1) is 55.8. The van der Waals surface area contributed by atoms with E-state index in [1.165, 1.54) is 270 Å². The Morgan fingerprint density at radius 1 is 0.145 bits per heavy atom. The third kappa shape index (κ3) is 50.9. The summed E-state index contributed by atoms with van der Waals surface area (Å²) in [6.07, 6.45) is 72.0. The van der Waals surface area contributed by atoms with Gasteiger partial charge >= 0.3 is 245 Å². The maximum absolute atomic E-state index is 2.32. The van der Waals surface area contributed by atoms with Crippen LogP contribution in [0.2, 0.25) is 13.3 Å². The van der Waals surface area contributed by atoms with E-state index in [0.717, 1.165) is 0 Å². The van der Waals surface area contributed by atoms with Gasteiger partial charge in [-0.25, -0.2) is 0 Å². The molecule has 0 aromatic heterocycles. The molecule has 0 saturated heterocycles. The van der Waals surface area contributed by atoms with Gasteiger partial charge in [-0.15, -0.1) is 0 Å². The van der Waals surface area contributed by atoms with Crippen molar-refractivity contribution in [3.63, 3.8) is 0 Å². The van der Waals surface area contributed by atoms with Gasteiger partial charge in [-0.2, -0.15) is 0 Å². The summed E-state index contributed by atoms with van der Waals surface area (Å²) in [6, 6.07) is 0. The van der Waals surface area contributed by atoms with Crippen LogP contribution in [0.15, 0.2) is 0 Å². The molecule has 1 heteroatoms. The molecule has 0 amide bonds. The van der Waals surface area contributed by atoms with Crippen LogP contribution in [-0.2, 0) is 0 Å². The number of unbranched alkanes of at least 4 members (excludes halogenated alkanes) is 45. The summed E-state index contributed by atoms with van der Waals surface area (Å²) in [5.41, 5.74) is 0. The monoisotopic (exact) mass is 880 g/mol. The molecule has 0 aliphatic carbocycles. The number of hydrogen-bond acceptors (Lipinski definition) is 0. The second-order valence-corrected chi connectivity index (χ2v) is 27.5. The fraction of sp³-hybridized carbons (Fsp3) is 1.00. The molecule has 0 spiro atoms. The molecule has 0 aromatic rings. The van der Waals surface area contributed by atoms with Crippen LogP contribution in [0, 0.1) is 0 Å². The zero-order valence-electron chi connectivity index (χ0n) is 39.6. The number of rotatable bonds is 51. The Balaban J connectivity index is 3.94.